The van der Waals surface area contributed by atoms with E-state index in [4.69, 9.17) is 4.74 Å². The number of piperidine rings is 1. The van der Waals surface area contributed by atoms with Gasteiger partial charge in [0.2, 0.25) is 5.91 Å². The van der Waals surface area contributed by atoms with Gasteiger partial charge in [-0.3, -0.25) is 4.79 Å². The second-order valence-corrected chi connectivity index (χ2v) is 8.64. The lowest BCUT2D eigenvalue weighted by molar-refractivity contribution is -0.143. The number of nitrogens with one attached hydrogen (secondary N) is 3. The quantitative estimate of drug-likeness (QED) is 0.536. The average Bonchev–Trinajstić information content (AvgIpc) is 3.17. The maximum absolute atomic E-state index is 13.3. The van der Waals surface area contributed by atoms with E-state index in [1.807, 2.05) is 0 Å². The summed E-state index contributed by atoms with van der Waals surface area (Å²) in [5.41, 5.74) is -3.76. The van der Waals surface area contributed by atoms with Crippen molar-refractivity contribution in [3.8, 4) is 0 Å². The first kappa shape index (κ1) is 24.8. The Kier molecular flexibility index (Phi) is 6.20. The van der Waals surface area contributed by atoms with E-state index in [0.29, 0.717) is 17.7 Å². The summed E-state index contributed by atoms with van der Waals surface area (Å²) in [5.74, 6) is -0.488. The van der Waals surface area contributed by atoms with Gasteiger partial charge < -0.3 is 20.7 Å². The molecule has 35 heavy (non-hydrogen) atoms. The summed E-state index contributed by atoms with van der Waals surface area (Å²) in [4.78, 5) is 24.5. The SMILES string of the molecule is C[C@@H](OC[C@@]1(c2ccccc2)C[C@@H]2NC(=O)NC2C(=O)N1)c1cc(C(F)(F)F)cc(C(F)(F)F)c1. The van der Waals surface area contributed by atoms with Gasteiger partial charge in [-0.2, -0.15) is 26.3 Å². The standard InChI is InChI=1S/C23H21F6N3O3/c1-12(13-7-15(22(24,25)26)9-16(8-13)23(27,28)29)35-11-21(14-5-3-2-4-6-14)10-17-18(19(33)32-21)31-20(34)30-17/h2-9,12,17-18H,10-11H2,1H3,(H,32,33)(H2,30,31,34)/t12-,17+,18?,21-/m1/s1. The third-order valence-electron chi connectivity index (χ3n) is 6.20. The lowest BCUT2D eigenvalue weighted by Gasteiger charge is -2.43. The van der Waals surface area contributed by atoms with Gasteiger partial charge in [0.15, 0.2) is 0 Å². The first-order valence-electron chi connectivity index (χ1n) is 10.6. The van der Waals surface area contributed by atoms with Crippen molar-refractivity contribution in [2.24, 2.45) is 0 Å². The van der Waals surface area contributed by atoms with Gasteiger partial charge in [-0.05, 0) is 42.7 Å². The number of rotatable bonds is 5. The van der Waals surface area contributed by atoms with Crippen LogP contribution in [0.25, 0.3) is 0 Å². The molecule has 6 nitrogen and oxygen atoms in total. The van der Waals surface area contributed by atoms with Crippen molar-refractivity contribution >= 4 is 11.9 Å². The van der Waals surface area contributed by atoms with Gasteiger partial charge in [-0.15, -0.1) is 0 Å². The second-order valence-electron chi connectivity index (χ2n) is 8.64. The molecule has 0 bridgehead atoms. The van der Waals surface area contributed by atoms with E-state index in [-0.39, 0.29) is 24.7 Å². The molecular formula is C23H21F6N3O3. The van der Waals surface area contributed by atoms with Gasteiger partial charge in [-0.25, -0.2) is 4.79 Å². The van der Waals surface area contributed by atoms with E-state index in [2.05, 4.69) is 16.0 Å². The number of carbonyl (C=O) groups is 2. The molecule has 2 aromatic rings. The highest BCUT2D eigenvalue weighted by Crippen LogP contribution is 2.39. The summed E-state index contributed by atoms with van der Waals surface area (Å²) in [6, 6.07) is 7.98. The molecule has 0 radical (unpaired) electrons. The number of halogens is 6. The van der Waals surface area contributed by atoms with Gasteiger partial charge in [0.1, 0.15) is 6.04 Å². The Morgan fingerprint density at radius 2 is 1.57 bits per heavy atom. The summed E-state index contributed by atoms with van der Waals surface area (Å²) >= 11 is 0. The molecule has 0 aromatic heterocycles. The number of ether oxygens (including phenoxy) is 1. The molecule has 4 atom stereocenters. The number of alkyl halides is 6. The van der Waals surface area contributed by atoms with Gasteiger partial charge in [0, 0.05) is 0 Å². The molecule has 0 saturated carbocycles. The fourth-order valence-electron chi connectivity index (χ4n) is 4.40. The number of urea groups is 1. The molecule has 2 aromatic carbocycles. The van der Waals surface area contributed by atoms with Crippen molar-refractivity contribution < 1.29 is 40.7 Å². The smallest absolute Gasteiger partial charge is 0.371 e. The number of fused-ring (bicyclic) bond motifs is 1. The highest BCUT2D eigenvalue weighted by molar-refractivity contribution is 5.92. The van der Waals surface area contributed by atoms with Gasteiger partial charge in [0.05, 0.1) is 35.4 Å². The molecule has 2 aliphatic rings. The van der Waals surface area contributed by atoms with Crippen LogP contribution < -0.4 is 16.0 Å². The molecule has 3 N–H and O–H groups in total. The zero-order valence-corrected chi connectivity index (χ0v) is 18.3. The molecular weight excluding hydrogens is 480 g/mol. The zero-order valence-electron chi connectivity index (χ0n) is 18.3. The zero-order chi connectivity index (χ0) is 25.6. The number of benzene rings is 2. The van der Waals surface area contributed by atoms with Crippen LogP contribution in [0.2, 0.25) is 0 Å². The van der Waals surface area contributed by atoms with Gasteiger partial charge in [-0.1, -0.05) is 30.3 Å². The van der Waals surface area contributed by atoms with Crippen molar-refractivity contribution in [2.75, 3.05) is 6.61 Å². The van der Waals surface area contributed by atoms with Crippen LogP contribution in [0, 0.1) is 0 Å². The number of carbonyl (C=O) groups excluding carboxylic acids is 2. The van der Waals surface area contributed by atoms with E-state index >= 15 is 0 Å². The number of hydrogen-bond acceptors (Lipinski definition) is 3. The molecule has 3 amide bonds. The fourth-order valence-corrected chi connectivity index (χ4v) is 4.40. The highest BCUT2D eigenvalue weighted by atomic mass is 19.4. The number of hydrogen-bond donors (Lipinski definition) is 3. The molecule has 2 aliphatic heterocycles. The molecule has 4 rings (SSSR count). The summed E-state index contributed by atoms with van der Waals surface area (Å²) in [6.45, 7) is 1.07. The van der Waals surface area contributed by atoms with E-state index in [0.717, 1.165) is 0 Å². The van der Waals surface area contributed by atoms with E-state index in [9.17, 15) is 35.9 Å². The maximum atomic E-state index is 13.3. The minimum atomic E-state index is -4.99. The molecule has 0 aliphatic carbocycles. The summed E-state index contributed by atoms with van der Waals surface area (Å²) in [7, 11) is 0. The van der Waals surface area contributed by atoms with Crippen LogP contribution in [0.3, 0.4) is 0 Å². The van der Waals surface area contributed by atoms with Crippen LogP contribution in [0.15, 0.2) is 48.5 Å². The Bertz CT molecular complexity index is 1090. The van der Waals surface area contributed by atoms with Gasteiger partial charge in [0.25, 0.3) is 0 Å². The van der Waals surface area contributed by atoms with Crippen LogP contribution in [-0.2, 0) is 27.4 Å². The predicted molar refractivity (Wildman–Crippen MR) is 111 cm³/mol. The first-order valence-corrected chi connectivity index (χ1v) is 10.6. The van der Waals surface area contributed by atoms with Crippen molar-refractivity contribution in [1.82, 2.24) is 16.0 Å². The maximum Gasteiger partial charge on any atom is 0.416 e. The Morgan fingerprint density at radius 3 is 2.14 bits per heavy atom. The molecule has 2 heterocycles. The van der Waals surface area contributed by atoms with E-state index in [1.165, 1.54) is 6.92 Å². The van der Waals surface area contributed by atoms with Crippen LogP contribution in [0.4, 0.5) is 31.1 Å². The van der Waals surface area contributed by atoms with E-state index < -0.39 is 59.1 Å². The number of amides is 3. The molecule has 0 spiro atoms. The third kappa shape index (κ3) is 5.07. The molecule has 12 heteroatoms. The van der Waals surface area contributed by atoms with Crippen LogP contribution in [-0.4, -0.2) is 30.6 Å². The lowest BCUT2D eigenvalue weighted by Crippen LogP contribution is -2.64. The van der Waals surface area contributed by atoms with E-state index in [1.54, 1.807) is 30.3 Å². The van der Waals surface area contributed by atoms with Crippen molar-refractivity contribution in [3.05, 3.63) is 70.8 Å². The van der Waals surface area contributed by atoms with Crippen LogP contribution in [0.1, 0.15) is 41.7 Å². The normalized spacial score (nSPS) is 25.3. The Balaban J connectivity index is 1.64. The molecule has 2 fully saturated rings. The molecule has 1 unspecified atom stereocenters. The van der Waals surface area contributed by atoms with Crippen molar-refractivity contribution in [1.29, 1.82) is 0 Å². The molecule has 188 valence electrons. The predicted octanol–water partition coefficient (Wildman–Crippen LogP) is 4.27. The minimum absolute atomic E-state index is 0.0545. The highest BCUT2D eigenvalue weighted by Gasteiger charge is 2.50. The third-order valence-corrected chi connectivity index (χ3v) is 6.20. The Hall–Kier alpha value is -3.28. The summed E-state index contributed by atoms with van der Waals surface area (Å²) in [6.07, 6.45) is -11.0. The monoisotopic (exact) mass is 501 g/mol. The summed E-state index contributed by atoms with van der Waals surface area (Å²) in [5, 5.41) is 8.01. The second kappa shape index (κ2) is 8.74. The average molecular weight is 501 g/mol. The molecule has 2 saturated heterocycles. The summed E-state index contributed by atoms with van der Waals surface area (Å²) < 4.78 is 85.4. The topological polar surface area (TPSA) is 79.5 Å². The fraction of sp³-hybridized carbons (Fsp3) is 0.391. The largest absolute Gasteiger partial charge is 0.416 e. The van der Waals surface area contributed by atoms with Crippen LogP contribution in [0.5, 0.6) is 0 Å². The van der Waals surface area contributed by atoms with Crippen LogP contribution >= 0.6 is 0 Å². The minimum Gasteiger partial charge on any atom is -0.371 e. The van der Waals surface area contributed by atoms with Gasteiger partial charge >= 0.3 is 18.4 Å². The Morgan fingerprint density at radius 1 is 0.971 bits per heavy atom. The Labute approximate surface area is 196 Å². The van der Waals surface area contributed by atoms with Crippen molar-refractivity contribution in [3.63, 3.8) is 0 Å². The first-order chi connectivity index (χ1) is 16.3. The lowest BCUT2D eigenvalue weighted by atomic mass is 9.79. The van der Waals surface area contributed by atoms with Crippen molar-refractivity contribution in [2.45, 2.75) is 49.4 Å².